The number of para-hydroxylation sites is 1. The molecule has 2 aliphatic heterocycles. The summed E-state index contributed by atoms with van der Waals surface area (Å²) in [5.41, 5.74) is 0. The number of rotatable bonds is 5. The predicted octanol–water partition coefficient (Wildman–Crippen LogP) is 2.35. The number of likely N-dealkylation sites (tertiary alicyclic amines) is 1. The van der Waals surface area contributed by atoms with Gasteiger partial charge in [-0.3, -0.25) is 4.90 Å². The molecule has 0 spiro atoms. The first-order valence-electron chi connectivity index (χ1n) is 8.25. The lowest BCUT2D eigenvalue weighted by atomic mass is 10.0. The molecule has 2 aliphatic rings. The van der Waals surface area contributed by atoms with Crippen LogP contribution < -0.4 is 4.74 Å². The maximum absolute atomic E-state index is 11.8. The van der Waals surface area contributed by atoms with Crippen molar-refractivity contribution in [1.82, 2.24) is 4.90 Å². The average Bonchev–Trinajstić information content (AvgIpc) is 2.92. The largest absolute Gasteiger partial charge is 0.492 e. The first-order chi connectivity index (χ1) is 10.6. The highest BCUT2D eigenvalue weighted by Crippen LogP contribution is 2.25. The molecule has 1 unspecified atom stereocenters. The molecule has 0 saturated carbocycles. The van der Waals surface area contributed by atoms with Crippen LogP contribution in [0.4, 0.5) is 0 Å². The Morgan fingerprint density at radius 3 is 2.73 bits per heavy atom. The zero-order valence-corrected chi connectivity index (χ0v) is 13.8. The third kappa shape index (κ3) is 4.23. The molecule has 2 atom stereocenters. The van der Waals surface area contributed by atoms with E-state index in [0.29, 0.717) is 30.1 Å². The average molecular weight is 323 g/mol. The molecule has 22 heavy (non-hydrogen) atoms. The van der Waals surface area contributed by atoms with E-state index in [1.165, 1.54) is 6.42 Å². The highest BCUT2D eigenvalue weighted by atomic mass is 32.2. The minimum absolute atomic E-state index is 0.302. The summed E-state index contributed by atoms with van der Waals surface area (Å²) in [5, 5.41) is 0. The Hall–Kier alpha value is -1.07. The van der Waals surface area contributed by atoms with Crippen LogP contribution in [0.2, 0.25) is 0 Å². The van der Waals surface area contributed by atoms with E-state index in [4.69, 9.17) is 4.74 Å². The lowest BCUT2D eigenvalue weighted by Crippen LogP contribution is -2.40. The number of benzene rings is 1. The van der Waals surface area contributed by atoms with E-state index >= 15 is 0 Å². The first kappa shape index (κ1) is 15.8. The van der Waals surface area contributed by atoms with Crippen LogP contribution >= 0.6 is 0 Å². The molecule has 2 fully saturated rings. The summed E-state index contributed by atoms with van der Waals surface area (Å²) in [4.78, 5) is 2.44. The molecule has 0 bridgehead atoms. The molecule has 2 heterocycles. The number of nitrogens with zero attached hydrogens (tertiary/aromatic N) is 1. The molecule has 1 aromatic carbocycles. The van der Waals surface area contributed by atoms with Gasteiger partial charge in [-0.05, 0) is 50.3 Å². The first-order valence-corrected chi connectivity index (χ1v) is 10.1. The normalized spacial score (nSPS) is 28.5. The van der Waals surface area contributed by atoms with E-state index in [0.717, 1.165) is 38.1 Å². The van der Waals surface area contributed by atoms with Gasteiger partial charge in [0, 0.05) is 12.6 Å². The van der Waals surface area contributed by atoms with Gasteiger partial charge in [-0.1, -0.05) is 18.2 Å². The van der Waals surface area contributed by atoms with Crippen LogP contribution in [-0.4, -0.2) is 50.6 Å². The fraction of sp³-hybridized carbons (Fsp3) is 0.647. The molecule has 1 aromatic rings. The van der Waals surface area contributed by atoms with Gasteiger partial charge >= 0.3 is 0 Å². The number of ether oxygens (including phenoxy) is 1. The molecule has 0 radical (unpaired) electrons. The summed E-state index contributed by atoms with van der Waals surface area (Å²) >= 11 is 0. The Morgan fingerprint density at radius 1 is 1.14 bits per heavy atom. The van der Waals surface area contributed by atoms with Gasteiger partial charge in [0.05, 0.1) is 11.5 Å². The van der Waals surface area contributed by atoms with Crippen LogP contribution in [0, 0.1) is 5.92 Å². The fourth-order valence-electron chi connectivity index (χ4n) is 3.63. The van der Waals surface area contributed by atoms with Gasteiger partial charge in [-0.25, -0.2) is 8.42 Å². The molecular formula is C17H25NO3S. The minimum Gasteiger partial charge on any atom is -0.492 e. The Balaban J connectivity index is 1.52. The van der Waals surface area contributed by atoms with E-state index < -0.39 is 9.84 Å². The fourth-order valence-corrected chi connectivity index (χ4v) is 5.39. The third-order valence-electron chi connectivity index (χ3n) is 4.73. The molecule has 4 nitrogen and oxygen atoms in total. The molecule has 122 valence electrons. The molecule has 0 amide bonds. The van der Waals surface area contributed by atoms with Crippen molar-refractivity contribution < 1.29 is 13.2 Å². The van der Waals surface area contributed by atoms with Gasteiger partial charge in [0.15, 0.2) is 9.84 Å². The molecule has 0 N–H and O–H groups in total. The lowest BCUT2D eigenvalue weighted by Gasteiger charge is -2.30. The van der Waals surface area contributed by atoms with Gasteiger partial charge in [-0.15, -0.1) is 0 Å². The van der Waals surface area contributed by atoms with Gasteiger partial charge < -0.3 is 4.74 Å². The van der Waals surface area contributed by atoms with Crippen molar-refractivity contribution >= 4 is 9.84 Å². The number of hydrogen-bond donors (Lipinski definition) is 0. The zero-order chi connectivity index (χ0) is 15.4. The Morgan fingerprint density at radius 2 is 1.95 bits per heavy atom. The van der Waals surface area contributed by atoms with Crippen LogP contribution in [-0.2, 0) is 9.84 Å². The number of sulfone groups is 1. The summed E-state index contributed by atoms with van der Waals surface area (Å²) in [6.45, 7) is 2.67. The SMILES string of the molecule is O=S1(=O)CCCC(CN2CCC[C@H]2COc2ccccc2)C1. The molecule has 2 saturated heterocycles. The van der Waals surface area contributed by atoms with Crippen LogP contribution in [0.25, 0.3) is 0 Å². The molecule has 3 rings (SSSR count). The second-order valence-corrected chi connectivity index (χ2v) is 8.77. The van der Waals surface area contributed by atoms with Crippen LogP contribution in [0.15, 0.2) is 30.3 Å². The van der Waals surface area contributed by atoms with Crippen molar-refractivity contribution in [2.75, 3.05) is 31.2 Å². The van der Waals surface area contributed by atoms with Gasteiger partial charge in [0.2, 0.25) is 0 Å². The van der Waals surface area contributed by atoms with Crippen LogP contribution in [0.5, 0.6) is 5.75 Å². The number of hydrogen-bond acceptors (Lipinski definition) is 4. The van der Waals surface area contributed by atoms with Gasteiger partial charge in [0.1, 0.15) is 12.4 Å². The summed E-state index contributed by atoms with van der Waals surface area (Å²) < 4.78 is 29.5. The maximum atomic E-state index is 11.8. The van der Waals surface area contributed by atoms with Crippen molar-refractivity contribution in [3.05, 3.63) is 30.3 Å². The second-order valence-electron chi connectivity index (χ2n) is 6.54. The summed E-state index contributed by atoms with van der Waals surface area (Å²) in [6.07, 6.45) is 4.20. The summed E-state index contributed by atoms with van der Waals surface area (Å²) in [6, 6.07) is 10.3. The standard InChI is InChI=1S/C17H25NO3S/c19-22(20)11-5-6-15(14-22)12-18-10-4-7-16(18)13-21-17-8-2-1-3-9-17/h1-3,8-9,15-16H,4-7,10-14H2/t15?,16-/m0/s1. The zero-order valence-electron chi connectivity index (χ0n) is 13.0. The summed E-state index contributed by atoms with van der Waals surface area (Å²) in [5.74, 6) is 1.96. The maximum Gasteiger partial charge on any atom is 0.150 e. The predicted molar refractivity (Wildman–Crippen MR) is 87.9 cm³/mol. The van der Waals surface area contributed by atoms with E-state index in [9.17, 15) is 8.42 Å². The van der Waals surface area contributed by atoms with E-state index in [-0.39, 0.29) is 0 Å². The quantitative estimate of drug-likeness (QED) is 0.834. The van der Waals surface area contributed by atoms with Crippen molar-refractivity contribution in [1.29, 1.82) is 0 Å². The van der Waals surface area contributed by atoms with E-state index in [1.807, 2.05) is 30.3 Å². The minimum atomic E-state index is -2.80. The Labute approximate surface area is 133 Å². The topological polar surface area (TPSA) is 46.6 Å². The van der Waals surface area contributed by atoms with Gasteiger partial charge in [-0.2, -0.15) is 0 Å². The molecular weight excluding hydrogens is 298 g/mol. The Kier molecular flexibility index (Phi) is 5.03. The monoisotopic (exact) mass is 323 g/mol. The third-order valence-corrected chi connectivity index (χ3v) is 6.62. The van der Waals surface area contributed by atoms with Crippen molar-refractivity contribution in [2.24, 2.45) is 5.92 Å². The Bertz CT molecular complexity index is 573. The second kappa shape index (κ2) is 7.01. The van der Waals surface area contributed by atoms with Gasteiger partial charge in [0.25, 0.3) is 0 Å². The highest BCUT2D eigenvalue weighted by molar-refractivity contribution is 7.91. The lowest BCUT2D eigenvalue weighted by molar-refractivity contribution is 0.154. The van der Waals surface area contributed by atoms with E-state index in [2.05, 4.69) is 4.90 Å². The molecule has 0 aliphatic carbocycles. The van der Waals surface area contributed by atoms with Crippen molar-refractivity contribution in [3.63, 3.8) is 0 Å². The van der Waals surface area contributed by atoms with Crippen molar-refractivity contribution in [2.45, 2.75) is 31.7 Å². The van der Waals surface area contributed by atoms with E-state index in [1.54, 1.807) is 0 Å². The molecule has 5 heteroatoms. The van der Waals surface area contributed by atoms with Crippen LogP contribution in [0.3, 0.4) is 0 Å². The smallest absolute Gasteiger partial charge is 0.150 e. The molecule has 0 aromatic heterocycles. The van der Waals surface area contributed by atoms with Crippen LogP contribution in [0.1, 0.15) is 25.7 Å². The summed E-state index contributed by atoms with van der Waals surface area (Å²) in [7, 11) is -2.80. The van der Waals surface area contributed by atoms with Crippen molar-refractivity contribution in [3.8, 4) is 5.75 Å². The highest BCUT2D eigenvalue weighted by Gasteiger charge is 2.31.